The summed E-state index contributed by atoms with van der Waals surface area (Å²) in [6.07, 6.45) is -4.60. The Morgan fingerprint density at radius 1 is 1.07 bits per heavy atom. The molecule has 0 saturated carbocycles. The van der Waals surface area contributed by atoms with Gasteiger partial charge in [-0.05, 0) is 24.1 Å². The molecule has 0 heterocycles. The molecule has 29 heavy (non-hydrogen) atoms. The molecule has 160 valence electrons. The lowest BCUT2D eigenvalue weighted by Gasteiger charge is -2.14. The lowest BCUT2D eigenvalue weighted by atomic mass is 10.2. The predicted octanol–water partition coefficient (Wildman–Crippen LogP) is 3.93. The number of alkyl halides is 3. The maximum atomic E-state index is 12.4. The molecule has 0 amide bonds. The molecule has 0 unspecified atom stereocenters. The van der Waals surface area contributed by atoms with Crippen LogP contribution in [0.25, 0.3) is 0 Å². The van der Waals surface area contributed by atoms with Crippen molar-refractivity contribution in [2.75, 3.05) is 17.6 Å². The largest absolute Gasteiger partial charge is 0.573 e. The van der Waals surface area contributed by atoms with Crippen molar-refractivity contribution < 1.29 is 26.3 Å². The molecular weight excluding hydrogens is 522 g/mol. The first-order valence-electron chi connectivity index (χ1n) is 8.31. The van der Waals surface area contributed by atoms with E-state index < -0.39 is 21.9 Å². The van der Waals surface area contributed by atoms with Gasteiger partial charge >= 0.3 is 6.36 Å². The van der Waals surface area contributed by atoms with Crippen LogP contribution < -0.4 is 15.8 Å². The van der Waals surface area contributed by atoms with Gasteiger partial charge in [0.15, 0.2) is 21.5 Å². The number of para-hydroxylation sites is 2. The second-order valence-corrected chi connectivity index (χ2v) is 8.05. The third-order valence-electron chi connectivity index (χ3n) is 3.50. The maximum Gasteiger partial charge on any atom is 0.573 e. The molecule has 0 bridgehead atoms. The molecule has 2 rings (SSSR count). The Morgan fingerprint density at radius 3 is 2.34 bits per heavy atom. The van der Waals surface area contributed by atoms with Crippen molar-refractivity contribution in [1.29, 1.82) is 0 Å². The van der Waals surface area contributed by atoms with Gasteiger partial charge < -0.3 is 15.8 Å². The lowest BCUT2D eigenvalue weighted by molar-refractivity contribution is -0.274. The van der Waals surface area contributed by atoms with E-state index in [1.54, 1.807) is 30.3 Å². The van der Waals surface area contributed by atoms with E-state index >= 15 is 0 Å². The Morgan fingerprint density at radius 2 is 1.69 bits per heavy atom. The number of nitrogens with two attached hydrogens (primary N) is 1. The second-order valence-electron chi connectivity index (χ2n) is 5.87. The molecule has 6 nitrogen and oxygen atoms in total. The van der Waals surface area contributed by atoms with E-state index in [2.05, 4.69) is 15.0 Å². The van der Waals surface area contributed by atoms with E-state index in [-0.39, 0.29) is 60.1 Å². The first kappa shape index (κ1) is 25.0. The standard InChI is InChI=1S/C18H20F3N3O3S.HI/c19-18(20,21)27-16-10-5-4-9-15(16)24-17(22)23-11-6-12-28(25,26)13-14-7-2-1-3-8-14;/h1-5,7-10H,6,11-13H2,(H3,22,23,24);1H. The molecule has 0 radical (unpaired) electrons. The number of hydrogen-bond donors (Lipinski definition) is 2. The minimum atomic E-state index is -4.84. The van der Waals surface area contributed by atoms with Gasteiger partial charge in [0.2, 0.25) is 0 Å². The van der Waals surface area contributed by atoms with Crippen LogP contribution in [0.2, 0.25) is 0 Å². The molecule has 2 aromatic rings. The Balaban J connectivity index is 0.00000420. The van der Waals surface area contributed by atoms with Gasteiger partial charge in [-0.15, -0.1) is 37.1 Å². The predicted molar refractivity (Wildman–Crippen MR) is 117 cm³/mol. The molecule has 0 aliphatic rings. The maximum absolute atomic E-state index is 12.4. The first-order valence-corrected chi connectivity index (χ1v) is 10.1. The minimum absolute atomic E-state index is 0. The molecule has 0 spiro atoms. The van der Waals surface area contributed by atoms with Gasteiger partial charge in [-0.3, -0.25) is 4.99 Å². The van der Waals surface area contributed by atoms with Gasteiger partial charge in [0.1, 0.15) is 0 Å². The third-order valence-corrected chi connectivity index (χ3v) is 5.18. The first-order chi connectivity index (χ1) is 13.1. The molecule has 0 saturated heterocycles. The monoisotopic (exact) mass is 543 g/mol. The van der Waals surface area contributed by atoms with Gasteiger partial charge in [-0.1, -0.05) is 42.5 Å². The van der Waals surface area contributed by atoms with Crippen LogP contribution in [0, 0.1) is 0 Å². The molecule has 0 aliphatic heterocycles. The fourth-order valence-electron chi connectivity index (χ4n) is 2.35. The number of rotatable bonds is 8. The van der Waals surface area contributed by atoms with Crippen molar-refractivity contribution in [2.24, 2.45) is 10.7 Å². The highest BCUT2D eigenvalue weighted by atomic mass is 127. The van der Waals surface area contributed by atoms with Crippen LogP contribution in [0.15, 0.2) is 59.6 Å². The zero-order valence-electron chi connectivity index (χ0n) is 15.2. The number of benzene rings is 2. The fraction of sp³-hybridized carbons (Fsp3) is 0.278. The van der Waals surface area contributed by atoms with E-state index in [1.807, 2.05) is 0 Å². The molecule has 0 fully saturated rings. The van der Waals surface area contributed by atoms with E-state index in [4.69, 9.17) is 5.73 Å². The summed E-state index contributed by atoms with van der Waals surface area (Å²) in [6.45, 7) is 0.106. The molecule has 11 heteroatoms. The van der Waals surface area contributed by atoms with Crippen LogP contribution in [0.5, 0.6) is 5.75 Å². The van der Waals surface area contributed by atoms with Gasteiger partial charge in [-0.25, -0.2) is 8.42 Å². The number of anilines is 1. The normalized spacial score (nSPS) is 12.2. The summed E-state index contributed by atoms with van der Waals surface area (Å²) >= 11 is 0. The number of nitrogens with zero attached hydrogens (tertiary/aromatic N) is 1. The number of guanidine groups is 1. The highest BCUT2D eigenvalue weighted by Gasteiger charge is 2.32. The highest BCUT2D eigenvalue weighted by molar-refractivity contribution is 14.0. The second kappa shape index (κ2) is 11.2. The Bertz CT molecular complexity index is 907. The van der Waals surface area contributed by atoms with Crippen molar-refractivity contribution in [3.05, 3.63) is 60.2 Å². The van der Waals surface area contributed by atoms with Gasteiger partial charge in [0.25, 0.3) is 0 Å². The van der Waals surface area contributed by atoms with Gasteiger partial charge in [-0.2, -0.15) is 0 Å². The third kappa shape index (κ3) is 9.83. The molecule has 2 aromatic carbocycles. The van der Waals surface area contributed by atoms with Crippen molar-refractivity contribution in [1.82, 2.24) is 0 Å². The molecule has 0 atom stereocenters. The topological polar surface area (TPSA) is 93.8 Å². The number of ether oxygens (including phenoxy) is 1. The minimum Gasteiger partial charge on any atom is -0.404 e. The van der Waals surface area contributed by atoms with Crippen LogP contribution in [-0.2, 0) is 15.6 Å². The number of sulfone groups is 1. The van der Waals surface area contributed by atoms with Gasteiger partial charge in [0.05, 0.1) is 17.2 Å². The Labute approximate surface area is 184 Å². The summed E-state index contributed by atoms with van der Waals surface area (Å²) in [5, 5.41) is 2.52. The van der Waals surface area contributed by atoms with Crippen molar-refractivity contribution in [3.63, 3.8) is 0 Å². The summed E-state index contributed by atoms with van der Waals surface area (Å²) in [7, 11) is -3.29. The molecular formula is C18H21F3IN3O3S. The SMILES string of the molecule is I.NC(=NCCCS(=O)(=O)Cc1ccccc1)Nc1ccccc1OC(F)(F)F. The highest BCUT2D eigenvalue weighted by Crippen LogP contribution is 2.29. The van der Waals surface area contributed by atoms with E-state index in [0.717, 1.165) is 6.07 Å². The van der Waals surface area contributed by atoms with Crippen LogP contribution >= 0.6 is 24.0 Å². The van der Waals surface area contributed by atoms with Crippen LogP contribution in [0.1, 0.15) is 12.0 Å². The average Bonchev–Trinajstić information content (AvgIpc) is 2.60. The number of hydrogen-bond acceptors (Lipinski definition) is 4. The quantitative estimate of drug-likeness (QED) is 0.228. The summed E-state index contributed by atoms with van der Waals surface area (Å²) in [5.41, 5.74) is 6.36. The summed E-state index contributed by atoms with van der Waals surface area (Å²) in [5.74, 6) is -0.725. The number of halogens is 4. The van der Waals surface area contributed by atoms with Crippen molar-refractivity contribution >= 4 is 45.5 Å². The average molecular weight is 543 g/mol. The fourth-order valence-corrected chi connectivity index (χ4v) is 3.76. The molecule has 0 aliphatic carbocycles. The Kier molecular flexibility index (Phi) is 9.70. The molecule has 3 N–H and O–H groups in total. The number of nitrogens with one attached hydrogen (secondary N) is 1. The van der Waals surface area contributed by atoms with Crippen molar-refractivity contribution in [3.8, 4) is 5.75 Å². The van der Waals surface area contributed by atoms with E-state index in [1.165, 1.54) is 18.2 Å². The van der Waals surface area contributed by atoms with E-state index in [9.17, 15) is 21.6 Å². The van der Waals surface area contributed by atoms with Crippen LogP contribution in [0.4, 0.5) is 18.9 Å². The Hall–Kier alpha value is -2.02. The zero-order valence-corrected chi connectivity index (χ0v) is 18.4. The smallest absolute Gasteiger partial charge is 0.404 e. The van der Waals surface area contributed by atoms with Gasteiger partial charge in [0, 0.05) is 6.54 Å². The zero-order chi connectivity index (χ0) is 20.6. The van der Waals surface area contributed by atoms with Crippen LogP contribution in [-0.4, -0.2) is 33.0 Å². The summed E-state index contributed by atoms with van der Waals surface area (Å²) < 4.78 is 65.3. The van der Waals surface area contributed by atoms with E-state index in [0.29, 0.717) is 5.56 Å². The summed E-state index contributed by atoms with van der Waals surface area (Å²) in [4.78, 5) is 3.95. The lowest BCUT2D eigenvalue weighted by Crippen LogP contribution is -2.25. The molecule has 0 aromatic heterocycles. The number of aliphatic imine (C=N–C) groups is 1. The van der Waals surface area contributed by atoms with Crippen LogP contribution in [0.3, 0.4) is 0 Å². The van der Waals surface area contributed by atoms with Crippen molar-refractivity contribution in [2.45, 2.75) is 18.5 Å². The summed E-state index contributed by atoms with van der Waals surface area (Å²) in [6, 6.07) is 14.2.